The second-order valence-corrected chi connectivity index (χ2v) is 6.86. The maximum Gasteiger partial charge on any atom is 0.290 e. The molecule has 1 saturated heterocycles. The number of carbonyl (C=O) groups excluding carboxylic acids is 1. The fourth-order valence-electron chi connectivity index (χ4n) is 2.71. The fourth-order valence-corrected chi connectivity index (χ4v) is 2.71. The van der Waals surface area contributed by atoms with E-state index in [4.69, 9.17) is 14.6 Å². The molecule has 146 valence electrons. The van der Waals surface area contributed by atoms with Crippen LogP contribution in [0.1, 0.15) is 45.1 Å². The van der Waals surface area contributed by atoms with Gasteiger partial charge in [0.1, 0.15) is 5.75 Å². The van der Waals surface area contributed by atoms with Crippen LogP contribution < -0.4 is 15.4 Å². The highest BCUT2D eigenvalue weighted by Crippen LogP contribution is 2.14. The third kappa shape index (κ3) is 10.0. The van der Waals surface area contributed by atoms with Crippen LogP contribution in [-0.4, -0.2) is 43.2 Å². The molecule has 2 rings (SSSR count). The van der Waals surface area contributed by atoms with Gasteiger partial charge in [0.15, 0.2) is 0 Å². The highest BCUT2D eigenvalue weighted by Gasteiger charge is 2.14. The summed E-state index contributed by atoms with van der Waals surface area (Å²) in [6, 6.07) is 8.86. The van der Waals surface area contributed by atoms with Gasteiger partial charge in [-0.05, 0) is 55.8 Å². The van der Waals surface area contributed by atoms with Crippen LogP contribution in [0.5, 0.6) is 5.75 Å². The van der Waals surface area contributed by atoms with Gasteiger partial charge in [0.05, 0.1) is 6.61 Å². The quantitative estimate of drug-likeness (QED) is 0.617. The molecule has 1 atom stereocenters. The van der Waals surface area contributed by atoms with E-state index in [-0.39, 0.29) is 12.4 Å². The fraction of sp³-hybridized carbons (Fsp3) is 0.600. The van der Waals surface area contributed by atoms with Crippen molar-refractivity contribution in [2.24, 2.45) is 5.92 Å². The zero-order valence-electron chi connectivity index (χ0n) is 15.9. The average Bonchev–Trinajstić information content (AvgIpc) is 2.81. The number of carboxylic acid groups (broad SMARTS) is 1. The monoisotopic (exact) mass is 364 g/mol. The maximum absolute atomic E-state index is 11.3. The number of carbonyl (C=O) groups is 2. The lowest BCUT2D eigenvalue weighted by atomic mass is 10.1. The van der Waals surface area contributed by atoms with Crippen molar-refractivity contribution in [2.45, 2.75) is 52.0 Å². The summed E-state index contributed by atoms with van der Waals surface area (Å²) in [5.41, 5.74) is 1.32. The van der Waals surface area contributed by atoms with Gasteiger partial charge in [-0.2, -0.15) is 0 Å². The first-order valence-corrected chi connectivity index (χ1v) is 9.34. The van der Waals surface area contributed by atoms with Crippen molar-refractivity contribution in [3.8, 4) is 5.75 Å². The number of nitrogens with one attached hydrogen (secondary N) is 2. The number of benzene rings is 1. The van der Waals surface area contributed by atoms with E-state index in [1.807, 2.05) is 0 Å². The molecule has 6 nitrogen and oxygen atoms in total. The smallest absolute Gasteiger partial charge is 0.290 e. The molecule has 1 fully saturated rings. The van der Waals surface area contributed by atoms with Crippen LogP contribution >= 0.6 is 0 Å². The summed E-state index contributed by atoms with van der Waals surface area (Å²) >= 11 is 0. The van der Waals surface area contributed by atoms with Crippen molar-refractivity contribution < 1.29 is 19.4 Å². The van der Waals surface area contributed by atoms with Gasteiger partial charge in [-0.25, -0.2) is 0 Å². The molecule has 0 bridgehead atoms. The van der Waals surface area contributed by atoms with E-state index in [0.717, 1.165) is 51.1 Å². The highest BCUT2D eigenvalue weighted by molar-refractivity contribution is 5.76. The Morgan fingerprint density at radius 3 is 2.65 bits per heavy atom. The molecule has 0 saturated carbocycles. The van der Waals surface area contributed by atoms with E-state index in [1.54, 1.807) is 0 Å². The molecule has 1 aromatic rings. The Morgan fingerprint density at radius 2 is 2.00 bits per heavy atom. The first-order chi connectivity index (χ1) is 12.5. The number of hydrogen-bond donors (Lipinski definition) is 3. The van der Waals surface area contributed by atoms with Gasteiger partial charge in [-0.15, -0.1) is 0 Å². The molecular formula is C20H32N2O4. The summed E-state index contributed by atoms with van der Waals surface area (Å²) < 4.78 is 5.74. The van der Waals surface area contributed by atoms with Crippen molar-refractivity contribution in [2.75, 3.05) is 19.7 Å². The van der Waals surface area contributed by atoms with Gasteiger partial charge in [-0.1, -0.05) is 26.0 Å². The van der Waals surface area contributed by atoms with E-state index >= 15 is 0 Å². The molecule has 1 aliphatic rings. The Balaban J connectivity index is 0.00000105. The summed E-state index contributed by atoms with van der Waals surface area (Å²) in [7, 11) is 0. The third-order valence-corrected chi connectivity index (χ3v) is 4.27. The van der Waals surface area contributed by atoms with Crippen molar-refractivity contribution in [1.82, 2.24) is 10.6 Å². The lowest BCUT2D eigenvalue weighted by Gasteiger charge is -2.15. The first kappa shape index (κ1) is 22.0. The molecule has 6 heteroatoms. The first-order valence-electron chi connectivity index (χ1n) is 9.34. The van der Waals surface area contributed by atoms with Gasteiger partial charge in [0.2, 0.25) is 5.91 Å². The molecule has 1 aliphatic heterocycles. The molecule has 0 aliphatic carbocycles. The number of amides is 1. The highest BCUT2D eigenvalue weighted by atomic mass is 16.5. The van der Waals surface area contributed by atoms with Crippen molar-refractivity contribution >= 4 is 12.4 Å². The molecule has 3 N–H and O–H groups in total. The van der Waals surface area contributed by atoms with Crippen LogP contribution in [-0.2, 0) is 16.0 Å². The molecule has 1 unspecified atom stereocenters. The molecule has 0 spiro atoms. The van der Waals surface area contributed by atoms with Crippen LogP contribution in [0.15, 0.2) is 24.3 Å². The van der Waals surface area contributed by atoms with Crippen molar-refractivity contribution in [3.63, 3.8) is 0 Å². The normalized spacial score (nSPS) is 16.9. The predicted octanol–water partition coefficient (Wildman–Crippen LogP) is 2.61. The molecule has 1 aromatic carbocycles. The summed E-state index contributed by atoms with van der Waals surface area (Å²) in [5, 5.41) is 13.4. The average molecular weight is 364 g/mol. The molecular weight excluding hydrogens is 332 g/mol. The van der Waals surface area contributed by atoms with Crippen LogP contribution in [0.2, 0.25) is 0 Å². The molecule has 1 amide bonds. The Hall–Kier alpha value is -2.08. The Morgan fingerprint density at radius 1 is 1.31 bits per heavy atom. The maximum atomic E-state index is 11.3. The Kier molecular flexibility index (Phi) is 11.1. The van der Waals surface area contributed by atoms with Crippen LogP contribution in [0.3, 0.4) is 0 Å². The van der Waals surface area contributed by atoms with Crippen LogP contribution in [0, 0.1) is 5.92 Å². The lowest BCUT2D eigenvalue weighted by molar-refractivity contribution is -0.123. The lowest BCUT2D eigenvalue weighted by Crippen LogP contribution is -2.31. The van der Waals surface area contributed by atoms with E-state index in [0.29, 0.717) is 18.4 Å². The van der Waals surface area contributed by atoms with Crippen LogP contribution in [0.25, 0.3) is 0 Å². The van der Waals surface area contributed by atoms with Crippen LogP contribution in [0.4, 0.5) is 0 Å². The van der Waals surface area contributed by atoms with E-state index < -0.39 is 0 Å². The minimum atomic E-state index is -0.250. The Labute approximate surface area is 156 Å². The topological polar surface area (TPSA) is 87.7 Å². The van der Waals surface area contributed by atoms with Crippen molar-refractivity contribution in [3.05, 3.63) is 29.8 Å². The summed E-state index contributed by atoms with van der Waals surface area (Å²) in [6.45, 7) is 6.69. The minimum absolute atomic E-state index is 0.183. The summed E-state index contributed by atoms with van der Waals surface area (Å²) in [6.07, 6.45) is 4.69. The second kappa shape index (κ2) is 13.2. The number of hydrogen-bond acceptors (Lipinski definition) is 4. The summed E-state index contributed by atoms with van der Waals surface area (Å²) in [4.78, 5) is 19.7. The molecule has 0 aromatic heterocycles. The zero-order valence-corrected chi connectivity index (χ0v) is 15.9. The minimum Gasteiger partial charge on any atom is -0.494 e. The predicted molar refractivity (Wildman–Crippen MR) is 102 cm³/mol. The SMILES string of the molecule is CC(C)CCOc1ccc(CCNC2CCNC(=O)CC2)cc1.O=CO. The third-order valence-electron chi connectivity index (χ3n) is 4.27. The van der Waals surface area contributed by atoms with E-state index in [1.165, 1.54) is 5.56 Å². The number of rotatable bonds is 8. The summed E-state index contributed by atoms with van der Waals surface area (Å²) in [5.74, 6) is 1.81. The Bertz CT molecular complexity index is 517. The van der Waals surface area contributed by atoms with E-state index in [2.05, 4.69) is 48.7 Å². The standard InChI is InChI=1S/C19H30N2O2.CH2O2/c1-15(2)11-14-23-18-6-3-16(4-7-18)9-12-20-17-5-8-19(22)21-13-10-17;2-1-3/h3-4,6-7,15,17,20H,5,8-14H2,1-2H3,(H,21,22);1H,(H,2,3). The zero-order chi connectivity index (χ0) is 19.2. The van der Waals surface area contributed by atoms with Gasteiger partial charge in [-0.3, -0.25) is 9.59 Å². The van der Waals surface area contributed by atoms with Gasteiger partial charge in [0.25, 0.3) is 6.47 Å². The molecule has 0 radical (unpaired) electrons. The number of ether oxygens (including phenoxy) is 1. The van der Waals surface area contributed by atoms with Gasteiger partial charge in [0, 0.05) is 19.0 Å². The molecule has 26 heavy (non-hydrogen) atoms. The van der Waals surface area contributed by atoms with Gasteiger partial charge >= 0.3 is 0 Å². The van der Waals surface area contributed by atoms with Crippen molar-refractivity contribution in [1.29, 1.82) is 0 Å². The second-order valence-electron chi connectivity index (χ2n) is 6.86. The van der Waals surface area contributed by atoms with Gasteiger partial charge < -0.3 is 20.5 Å². The largest absolute Gasteiger partial charge is 0.494 e. The van der Waals surface area contributed by atoms with E-state index in [9.17, 15) is 4.79 Å². The molecule has 1 heterocycles.